The fourth-order valence-electron chi connectivity index (χ4n) is 5.77. The fraction of sp³-hybridized carbons (Fsp3) is 1.00. The first-order valence-corrected chi connectivity index (χ1v) is 8.79. The lowest BCUT2D eigenvalue weighted by Gasteiger charge is -2.40. The van der Waals surface area contributed by atoms with Crippen LogP contribution in [0.1, 0.15) is 66.2 Å². The molecule has 0 aromatic rings. The van der Waals surface area contributed by atoms with Crippen LogP contribution in [0.2, 0.25) is 0 Å². The minimum atomic E-state index is 0.235. The van der Waals surface area contributed by atoms with E-state index in [1.54, 1.807) is 0 Å². The van der Waals surface area contributed by atoms with Crippen LogP contribution in [-0.4, -0.2) is 23.4 Å². The molecule has 0 amide bonds. The predicted molar refractivity (Wildman–Crippen MR) is 79.6 cm³/mol. The minimum absolute atomic E-state index is 0.235. The molecule has 7 atom stereocenters. The first-order valence-electron chi connectivity index (χ1n) is 8.79. The lowest BCUT2D eigenvalue weighted by atomic mass is 9.63. The third kappa shape index (κ3) is 1.98. The van der Waals surface area contributed by atoms with Crippen LogP contribution >= 0.6 is 0 Å². The topological polar surface area (TPSA) is 25.1 Å². The molecule has 0 N–H and O–H groups in total. The summed E-state index contributed by atoms with van der Waals surface area (Å²) < 4.78 is 12.1. The lowest BCUT2D eigenvalue weighted by molar-refractivity contribution is 0.0905. The van der Waals surface area contributed by atoms with Crippen LogP contribution in [0.4, 0.5) is 0 Å². The molecule has 2 nitrogen and oxygen atoms in total. The summed E-state index contributed by atoms with van der Waals surface area (Å²) in [4.78, 5) is 0. The molecule has 0 radical (unpaired) electrons. The number of fused-ring (bicyclic) bond motifs is 2. The first-order chi connectivity index (χ1) is 9.43. The molecule has 4 fully saturated rings. The van der Waals surface area contributed by atoms with Gasteiger partial charge < -0.3 is 9.47 Å². The maximum Gasteiger partial charge on any atom is 0.0923 e. The van der Waals surface area contributed by atoms with Crippen LogP contribution in [0, 0.1) is 23.7 Å². The van der Waals surface area contributed by atoms with Gasteiger partial charge in [0.05, 0.1) is 23.4 Å². The molecule has 2 aliphatic carbocycles. The van der Waals surface area contributed by atoms with Crippen molar-refractivity contribution in [3.05, 3.63) is 0 Å². The Morgan fingerprint density at radius 1 is 1.00 bits per heavy atom. The van der Waals surface area contributed by atoms with Crippen molar-refractivity contribution in [2.45, 2.75) is 89.6 Å². The average Bonchev–Trinajstić information content (AvgIpc) is 3.22. The van der Waals surface area contributed by atoms with Gasteiger partial charge in [0.2, 0.25) is 0 Å². The second kappa shape index (κ2) is 4.23. The molecule has 2 aliphatic heterocycles. The van der Waals surface area contributed by atoms with Gasteiger partial charge in [-0.1, -0.05) is 20.3 Å². The highest BCUT2D eigenvalue weighted by atomic mass is 16.6. The van der Waals surface area contributed by atoms with Crippen LogP contribution < -0.4 is 0 Å². The summed E-state index contributed by atoms with van der Waals surface area (Å²) in [5.74, 6) is 3.27. The van der Waals surface area contributed by atoms with Crippen molar-refractivity contribution in [2.75, 3.05) is 0 Å². The van der Waals surface area contributed by atoms with Crippen LogP contribution in [0.15, 0.2) is 0 Å². The Morgan fingerprint density at radius 2 is 1.80 bits per heavy atom. The second-order valence-electron chi connectivity index (χ2n) is 8.69. The van der Waals surface area contributed by atoms with E-state index in [-0.39, 0.29) is 11.2 Å². The number of hydrogen-bond acceptors (Lipinski definition) is 2. The fourth-order valence-corrected chi connectivity index (χ4v) is 5.77. The molecule has 2 heteroatoms. The van der Waals surface area contributed by atoms with E-state index in [1.165, 1.54) is 38.5 Å². The number of hydrogen-bond donors (Lipinski definition) is 0. The van der Waals surface area contributed by atoms with Crippen LogP contribution in [-0.2, 0) is 9.47 Å². The highest BCUT2D eigenvalue weighted by molar-refractivity contribution is 5.10. The number of ether oxygens (including phenoxy) is 2. The Hall–Kier alpha value is -0.0800. The van der Waals surface area contributed by atoms with Gasteiger partial charge in [-0.05, 0) is 69.6 Å². The smallest absolute Gasteiger partial charge is 0.0923 e. The summed E-state index contributed by atoms with van der Waals surface area (Å²) in [6, 6.07) is 0. The molecule has 0 spiro atoms. The molecule has 2 saturated heterocycles. The molecular formula is C18H30O2. The molecule has 0 bridgehead atoms. The van der Waals surface area contributed by atoms with E-state index in [0.717, 1.165) is 23.7 Å². The molecule has 0 aromatic carbocycles. The van der Waals surface area contributed by atoms with E-state index in [0.29, 0.717) is 12.2 Å². The summed E-state index contributed by atoms with van der Waals surface area (Å²) in [5.41, 5.74) is 0.478. The van der Waals surface area contributed by atoms with Gasteiger partial charge in [-0.2, -0.15) is 0 Å². The van der Waals surface area contributed by atoms with Crippen LogP contribution in [0.3, 0.4) is 0 Å². The monoisotopic (exact) mass is 278 g/mol. The molecule has 0 aromatic heterocycles. The maximum atomic E-state index is 6.13. The Morgan fingerprint density at radius 3 is 2.50 bits per heavy atom. The van der Waals surface area contributed by atoms with E-state index in [9.17, 15) is 0 Å². The van der Waals surface area contributed by atoms with E-state index < -0.39 is 0 Å². The van der Waals surface area contributed by atoms with Gasteiger partial charge in [-0.3, -0.25) is 0 Å². The zero-order valence-corrected chi connectivity index (χ0v) is 13.5. The highest BCUT2D eigenvalue weighted by Gasteiger charge is 2.62. The van der Waals surface area contributed by atoms with Crippen molar-refractivity contribution in [3.63, 3.8) is 0 Å². The van der Waals surface area contributed by atoms with Crippen LogP contribution in [0.5, 0.6) is 0 Å². The first kappa shape index (κ1) is 13.6. The molecule has 7 unspecified atom stereocenters. The van der Waals surface area contributed by atoms with Crippen molar-refractivity contribution in [3.8, 4) is 0 Å². The second-order valence-corrected chi connectivity index (χ2v) is 8.69. The molecule has 4 aliphatic rings. The van der Waals surface area contributed by atoms with Gasteiger partial charge in [-0.25, -0.2) is 0 Å². The third-order valence-electron chi connectivity index (χ3n) is 6.85. The van der Waals surface area contributed by atoms with Crippen molar-refractivity contribution >= 4 is 0 Å². The molecule has 2 saturated carbocycles. The van der Waals surface area contributed by atoms with E-state index in [4.69, 9.17) is 9.47 Å². The van der Waals surface area contributed by atoms with Gasteiger partial charge in [0.1, 0.15) is 0 Å². The maximum absolute atomic E-state index is 6.13. The van der Waals surface area contributed by atoms with Crippen molar-refractivity contribution in [1.82, 2.24) is 0 Å². The number of epoxide rings is 2. The summed E-state index contributed by atoms with van der Waals surface area (Å²) in [7, 11) is 0. The van der Waals surface area contributed by atoms with Crippen molar-refractivity contribution < 1.29 is 9.47 Å². The third-order valence-corrected chi connectivity index (χ3v) is 6.85. The zero-order chi connectivity index (χ0) is 14.1. The molecule has 20 heavy (non-hydrogen) atoms. The van der Waals surface area contributed by atoms with Gasteiger partial charge in [0.15, 0.2) is 0 Å². The summed E-state index contributed by atoms with van der Waals surface area (Å²) in [6.07, 6.45) is 9.15. The Labute approximate surface area is 123 Å². The van der Waals surface area contributed by atoms with Crippen molar-refractivity contribution in [2.24, 2.45) is 23.7 Å². The zero-order valence-electron chi connectivity index (χ0n) is 13.5. The Kier molecular flexibility index (Phi) is 2.87. The molecule has 2 heterocycles. The standard InChI is InChI=1S/C18H30O2/c1-11(2)15(12-7-8-14-18(4,10-12)19-14)13-6-5-9-17(3)16(13)20-17/h11-16H,5-10H2,1-4H3. The van der Waals surface area contributed by atoms with Crippen molar-refractivity contribution in [1.29, 1.82) is 0 Å². The minimum Gasteiger partial charge on any atom is -0.366 e. The average molecular weight is 278 g/mol. The predicted octanol–water partition coefficient (Wildman–Crippen LogP) is 4.17. The largest absolute Gasteiger partial charge is 0.366 e. The molecular weight excluding hydrogens is 248 g/mol. The normalized spacial score (nSPS) is 55.0. The van der Waals surface area contributed by atoms with Crippen LogP contribution in [0.25, 0.3) is 0 Å². The summed E-state index contributed by atoms with van der Waals surface area (Å²) >= 11 is 0. The lowest BCUT2D eigenvalue weighted by Crippen LogP contribution is -2.39. The van der Waals surface area contributed by atoms with E-state index in [1.807, 2.05) is 0 Å². The van der Waals surface area contributed by atoms with Gasteiger partial charge >= 0.3 is 0 Å². The molecule has 4 rings (SSSR count). The molecule has 114 valence electrons. The number of rotatable bonds is 3. The van der Waals surface area contributed by atoms with Gasteiger partial charge in [0.25, 0.3) is 0 Å². The highest BCUT2D eigenvalue weighted by Crippen LogP contribution is 2.58. The van der Waals surface area contributed by atoms with Gasteiger partial charge in [-0.15, -0.1) is 0 Å². The Bertz CT molecular complexity index is 406. The quantitative estimate of drug-likeness (QED) is 0.724. The van der Waals surface area contributed by atoms with E-state index in [2.05, 4.69) is 27.7 Å². The Balaban J connectivity index is 1.52. The van der Waals surface area contributed by atoms with E-state index >= 15 is 0 Å². The summed E-state index contributed by atoms with van der Waals surface area (Å²) in [6.45, 7) is 9.53. The SMILES string of the molecule is CC(C)C(C1CCC2OC2(C)C1)C1CCCC2(C)OC12. The summed E-state index contributed by atoms with van der Waals surface area (Å²) in [5, 5.41) is 0. The van der Waals surface area contributed by atoms with Gasteiger partial charge in [0, 0.05) is 0 Å².